The molecule has 118 valence electrons. The lowest BCUT2D eigenvalue weighted by Crippen LogP contribution is -1.99. The largest absolute Gasteiger partial charge is 0.497 e. The first-order valence-corrected chi connectivity index (χ1v) is 7.73. The molecule has 0 saturated heterocycles. The maximum absolute atomic E-state index is 6.53. The fraction of sp³-hybridized carbons (Fsp3) is 0.167. The van der Waals surface area contributed by atoms with Crippen molar-refractivity contribution >= 4 is 11.6 Å². The Morgan fingerprint density at radius 3 is 2.35 bits per heavy atom. The molecule has 0 fully saturated rings. The number of ether oxygens (including phenoxy) is 2. The smallest absolute Gasteiger partial charge is 0.252 e. The van der Waals surface area contributed by atoms with Crippen LogP contribution in [0.2, 0.25) is 5.02 Å². The predicted molar refractivity (Wildman–Crippen MR) is 91.7 cm³/mol. The Kier molecular flexibility index (Phi) is 4.53. The molecular weight excluding hydrogens is 312 g/mol. The van der Waals surface area contributed by atoms with Crippen LogP contribution in [-0.4, -0.2) is 23.5 Å². The number of aromatic nitrogens is 2. The van der Waals surface area contributed by atoms with Crippen LogP contribution in [0, 0.1) is 0 Å². The second-order valence-electron chi connectivity index (χ2n) is 4.88. The zero-order valence-corrected chi connectivity index (χ0v) is 13.7. The lowest BCUT2D eigenvalue weighted by atomic mass is 10.1. The molecule has 0 spiro atoms. The molecule has 0 radical (unpaired) electrons. The third kappa shape index (κ3) is 3.03. The predicted octanol–water partition coefficient (Wildman–Crippen LogP) is 4.60. The molecule has 0 bridgehead atoms. The minimum absolute atomic E-state index is 0.434. The minimum atomic E-state index is 0.434. The van der Waals surface area contributed by atoms with Crippen LogP contribution in [0.5, 0.6) is 11.6 Å². The quantitative estimate of drug-likeness (QED) is 0.686. The monoisotopic (exact) mass is 328 g/mol. The molecule has 0 unspecified atom stereocenters. The van der Waals surface area contributed by atoms with Gasteiger partial charge in [0.25, 0.3) is 5.88 Å². The van der Waals surface area contributed by atoms with Crippen LogP contribution >= 0.6 is 11.6 Å². The highest BCUT2D eigenvalue weighted by atomic mass is 35.5. The maximum Gasteiger partial charge on any atom is 0.252 e. The van der Waals surface area contributed by atoms with Crippen molar-refractivity contribution < 1.29 is 9.47 Å². The molecule has 0 aliphatic rings. The van der Waals surface area contributed by atoms with Crippen molar-refractivity contribution in [3.63, 3.8) is 0 Å². The third-order valence-electron chi connectivity index (χ3n) is 3.44. The van der Waals surface area contributed by atoms with Gasteiger partial charge in [-0.3, -0.25) is 0 Å². The zero-order chi connectivity index (χ0) is 16.2. The van der Waals surface area contributed by atoms with Crippen LogP contribution in [0.25, 0.3) is 16.9 Å². The van der Waals surface area contributed by atoms with Crippen molar-refractivity contribution in [3.8, 4) is 28.6 Å². The molecule has 0 atom stereocenters. The summed E-state index contributed by atoms with van der Waals surface area (Å²) in [5.74, 6) is 1.23. The van der Waals surface area contributed by atoms with Crippen molar-refractivity contribution in [1.29, 1.82) is 0 Å². The van der Waals surface area contributed by atoms with E-state index in [1.165, 1.54) is 0 Å². The van der Waals surface area contributed by atoms with E-state index < -0.39 is 0 Å². The first-order chi connectivity index (χ1) is 11.2. The van der Waals surface area contributed by atoms with Crippen molar-refractivity contribution in [1.82, 2.24) is 9.78 Å². The summed E-state index contributed by atoms with van der Waals surface area (Å²) in [6.07, 6.45) is 0. The Morgan fingerprint density at radius 2 is 1.74 bits per heavy atom. The van der Waals surface area contributed by atoms with Crippen LogP contribution in [0.1, 0.15) is 6.92 Å². The fourth-order valence-electron chi connectivity index (χ4n) is 2.36. The van der Waals surface area contributed by atoms with Gasteiger partial charge in [-0.05, 0) is 43.3 Å². The van der Waals surface area contributed by atoms with Gasteiger partial charge in [0.1, 0.15) is 10.8 Å². The molecule has 4 nitrogen and oxygen atoms in total. The van der Waals surface area contributed by atoms with E-state index in [1.807, 2.05) is 61.5 Å². The maximum atomic E-state index is 6.53. The summed E-state index contributed by atoms with van der Waals surface area (Å²) in [7, 11) is 1.64. The summed E-state index contributed by atoms with van der Waals surface area (Å²) in [6.45, 7) is 2.42. The van der Waals surface area contributed by atoms with Crippen molar-refractivity contribution in [2.24, 2.45) is 0 Å². The molecule has 0 amide bonds. The van der Waals surface area contributed by atoms with Crippen molar-refractivity contribution in [2.75, 3.05) is 13.7 Å². The van der Waals surface area contributed by atoms with Crippen LogP contribution in [0.4, 0.5) is 0 Å². The zero-order valence-electron chi connectivity index (χ0n) is 13.0. The minimum Gasteiger partial charge on any atom is -0.497 e. The second kappa shape index (κ2) is 6.75. The number of rotatable bonds is 5. The molecule has 1 heterocycles. The van der Waals surface area contributed by atoms with Gasteiger partial charge in [-0.1, -0.05) is 29.8 Å². The molecule has 5 heteroatoms. The highest BCUT2D eigenvalue weighted by Gasteiger charge is 2.20. The van der Waals surface area contributed by atoms with Gasteiger partial charge in [-0.25, -0.2) is 4.68 Å². The normalized spacial score (nSPS) is 10.6. The number of benzene rings is 2. The molecule has 0 aliphatic carbocycles. The molecular formula is C18H17ClN2O2. The van der Waals surface area contributed by atoms with Gasteiger partial charge >= 0.3 is 0 Å². The molecule has 1 aromatic heterocycles. The Balaban J connectivity index is 2.16. The Labute approximate surface area is 140 Å². The van der Waals surface area contributed by atoms with Crippen molar-refractivity contribution in [3.05, 3.63) is 59.6 Å². The summed E-state index contributed by atoms with van der Waals surface area (Å²) in [5.41, 5.74) is 2.66. The lowest BCUT2D eigenvalue weighted by Gasteiger charge is -2.08. The van der Waals surface area contributed by atoms with Crippen LogP contribution in [0.15, 0.2) is 54.6 Å². The molecule has 3 aromatic rings. The number of hydrogen-bond acceptors (Lipinski definition) is 3. The van der Waals surface area contributed by atoms with E-state index in [0.29, 0.717) is 17.5 Å². The topological polar surface area (TPSA) is 36.3 Å². The summed E-state index contributed by atoms with van der Waals surface area (Å²) in [5, 5.41) is 5.02. The van der Waals surface area contributed by atoms with Crippen LogP contribution in [0.3, 0.4) is 0 Å². The summed E-state index contributed by atoms with van der Waals surface area (Å²) in [6, 6.07) is 17.5. The molecule has 0 N–H and O–H groups in total. The van der Waals surface area contributed by atoms with E-state index in [-0.39, 0.29) is 0 Å². The number of para-hydroxylation sites is 1. The number of nitrogens with zero attached hydrogens (tertiary/aromatic N) is 2. The highest BCUT2D eigenvalue weighted by Crippen LogP contribution is 2.37. The van der Waals surface area contributed by atoms with E-state index in [2.05, 4.69) is 5.10 Å². The Bertz CT molecular complexity index is 783. The van der Waals surface area contributed by atoms with Gasteiger partial charge in [0.05, 0.1) is 25.1 Å². The molecule has 2 aromatic carbocycles. The molecule has 0 aliphatic heterocycles. The Hall–Kier alpha value is -2.46. The average Bonchev–Trinajstić information content (AvgIpc) is 2.93. The van der Waals surface area contributed by atoms with Gasteiger partial charge in [0.15, 0.2) is 0 Å². The molecule has 3 rings (SSSR count). The van der Waals surface area contributed by atoms with Crippen LogP contribution in [-0.2, 0) is 0 Å². The average molecular weight is 329 g/mol. The van der Waals surface area contributed by atoms with Gasteiger partial charge < -0.3 is 9.47 Å². The van der Waals surface area contributed by atoms with E-state index >= 15 is 0 Å². The summed E-state index contributed by atoms with van der Waals surface area (Å²) < 4.78 is 12.6. The van der Waals surface area contributed by atoms with E-state index in [1.54, 1.807) is 11.8 Å². The van der Waals surface area contributed by atoms with Gasteiger partial charge in [-0.15, -0.1) is 5.10 Å². The van der Waals surface area contributed by atoms with E-state index in [0.717, 1.165) is 22.7 Å². The fourth-order valence-corrected chi connectivity index (χ4v) is 2.64. The van der Waals surface area contributed by atoms with Crippen LogP contribution < -0.4 is 9.47 Å². The highest BCUT2D eigenvalue weighted by molar-refractivity contribution is 6.34. The first-order valence-electron chi connectivity index (χ1n) is 7.35. The van der Waals surface area contributed by atoms with E-state index in [4.69, 9.17) is 21.1 Å². The molecule has 0 saturated carbocycles. The van der Waals surface area contributed by atoms with Gasteiger partial charge in [0, 0.05) is 5.56 Å². The van der Waals surface area contributed by atoms with Gasteiger partial charge in [-0.2, -0.15) is 0 Å². The number of methoxy groups -OCH3 is 1. The Morgan fingerprint density at radius 1 is 1.04 bits per heavy atom. The molecule has 23 heavy (non-hydrogen) atoms. The van der Waals surface area contributed by atoms with E-state index in [9.17, 15) is 0 Å². The summed E-state index contributed by atoms with van der Waals surface area (Å²) in [4.78, 5) is 0. The summed E-state index contributed by atoms with van der Waals surface area (Å²) >= 11 is 6.53. The number of halogens is 1. The SMILES string of the molecule is CCOc1nn(-c2ccccc2)c(-c2ccc(OC)cc2)c1Cl. The standard InChI is InChI=1S/C18H17ClN2O2/c1-3-23-18-16(19)17(13-9-11-15(22-2)12-10-13)21(20-18)14-7-5-4-6-8-14/h4-12H,3H2,1-2H3. The number of hydrogen-bond donors (Lipinski definition) is 0. The second-order valence-corrected chi connectivity index (χ2v) is 5.25. The lowest BCUT2D eigenvalue weighted by molar-refractivity contribution is 0.324. The van der Waals surface area contributed by atoms with Crippen molar-refractivity contribution in [2.45, 2.75) is 6.92 Å². The first kappa shape index (κ1) is 15.4. The third-order valence-corrected chi connectivity index (χ3v) is 3.78. The van der Waals surface area contributed by atoms with Gasteiger partial charge in [0.2, 0.25) is 0 Å².